The first-order valence-corrected chi connectivity index (χ1v) is 9.60. The molecule has 1 saturated heterocycles. The predicted octanol–water partition coefficient (Wildman–Crippen LogP) is 3.56. The molecule has 0 saturated carbocycles. The minimum Gasteiger partial charge on any atom is -0.372 e. The zero-order chi connectivity index (χ0) is 19.1. The zero-order valence-electron chi connectivity index (χ0n) is 16.0. The fourth-order valence-electron chi connectivity index (χ4n) is 3.33. The van der Waals surface area contributed by atoms with E-state index in [4.69, 9.17) is 4.74 Å². The third-order valence-corrected chi connectivity index (χ3v) is 4.91. The fraction of sp³-hybridized carbons (Fsp3) is 0.476. The van der Waals surface area contributed by atoms with Gasteiger partial charge in [0, 0.05) is 31.7 Å². The van der Waals surface area contributed by atoms with Crippen molar-refractivity contribution in [3.8, 4) is 0 Å². The summed E-state index contributed by atoms with van der Waals surface area (Å²) in [5, 5.41) is 3.17. The molecule has 0 radical (unpaired) electrons. The molecule has 0 unspecified atom stereocenters. The molecule has 0 bridgehead atoms. The Morgan fingerprint density at radius 2 is 2.04 bits per heavy atom. The first kappa shape index (κ1) is 19.3. The number of pyridine rings is 2. The summed E-state index contributed by atoms with van der Waals surface area (Å²) in [5.74, 6) is 0.289. The minimum absolute atomic E-state index is 0.0132. The summed E-state index contributed by atoms with van der Waals surface area (Å²) in [6, 6.07) is 9.69. The van der Waals surface area contributed by atoms with Gasteiger partial charge in [-0.05, 0) is 42.5 Å². The number of hydrogen-bond acceptors (Lipinski definition) is 4. The lowest BCUT2D eigenvalue weighted by atomic mass is 9.97. The Morgan fingerprint density at radius 1 is 1.22 bits per heavy atom. The molecule has 1 N–H and O–H groups in total. The van der Waals surface area contributed by atoms with Crippen molar-refractivity contribution in [3.05, 3.63) is 60.2 Å². The van der Waals surface area contributed by atoms with Gasteiger partial charge in [-0.15, -0.1) is 0 Å². The molecule has 3 heterocycles. The molecule has 6 nitrogen and oxygen atoms in total. The lowest BCUT2D eigenvalue weighted by Crippen LogP contribution is -2.47. The van der Waals surface area contributed by atoms with E-state index in [2.05, 4.69) is 29.1 Å². The molecule has 0 aromatic carbocycles. The summed E-state index contributed by atoms with van der Waals surface area (Å²) in [6.07, 6.45) is 7.22. The molecule has 0 spiro atoms. The van der Waals surface area contributed by atoms with Crippen LogP contribution in [0, 0.1) is 5.92 Å². The van der Waals surface area contributed by atoms with Crippen LogP contribution in [0.25, 0.3) is 0 Å². The number of aromatic nitrogens is 2. The van der Waals surface area contributed by atoms with Gasteiger partial charge in [0.2, 0.25) is 0 Å². The molecule has 144 valence electrons. The largest absolute Gasteiger partial charge is 0.372 e. The van der Waals surface area contributed by atoms with Crippen LogP contribution in [0.2, 0.25) is 0 Å². The van der Waals surface area contributed by atoms with Gasteiger partial charge >= 0.3 is 6.03 Å². The van der Waals surface area contributed by atoms with Gasteiger partial charge in [0.05, 0.1) is 24.4 Å². The van der Waals surface area contributed by atoms with E-state index in [1.165, 1.54) is 0 Å². The average molecular weight is 368 g/mol. The van der Waals surface area contributed by atoms with Crippen LogP contribution in [0.15, 0.2) is 48.9 Å². The van der Waals surface area contributed by atoms with Gasteiger partial charge in [-0.2, -0.15) is 0 Å². The lowest BCUT2D eigenvalue weighted by molar-refractivity contribution is 0.00279. The molecule has 2 aromatic rings. The number of hydrogen-bond donors (Lipinski definition) is 1. The molecule has 1 atom stereocenters. The lowest BCUT2D eigenvalue weighted by Gasteiger charge is -2.34. The molecule has 6 heteroatoms. The van der Waals surface area contributed by atoms with E-state index in [-0.39, 0.29) is 24.1 Å². The molecule has 3 rings (SSSR count). The summed E-state index contributed by atoms with van der Waals surface area (Å²) in [5.41, 5.74) is 1.98. The summed E-state index contributed by atoms with van der Waals surface area (Å²) >= 11 is 0. The summed E-state index contributed by atoms with van der Waals surface area (Å²) in [6.45, 7) is 6.15. The number of ether oxygens (including phenoxy) is 1. The van der Waals surface area contributed by atoms with E-state index >= 15 is 0 Å². The monoisotopic (exact) mass is 368 g/mol. The van der Waals surface area contributed by atoms with Crippen LogP contribution in [-0.2, 0) is 11.3 Å². The smallest absolute Gasteiger partial charge is 0.317 e. The Hall–Kier alpha value is -2.47. The Labute approximate surface area is 161 Å². The highest BCUT2D eigenvalue weighted by Gasteiger charge is 2.26. The Morgan fingerprint density at radius 3 is 2.67 bits per heavy atom. The van der Waals surface area contributed by atoms with Gasteiger partial charge in [0.15, 0.2) is 0 Å². The van der Waals surface area contributed by atoms with Gasteiger partial charge in [0.25, 0.3) is 0 Å². The Bertz CT molecular complexity index is 701. The van der Waals surface area contributed by atoms with E-state index in [1.807, 2.05) is 41.4 Å². The maximum Gasteiger partial charge on any atom is 0.317 e. The summed E-state index contributed by atoms with van der Waals surface area (Å²) in [7, 11) is 0. The quantitative estimate of drug-likeness (QED) is 0.846. The number of carbonyl (C=O) groups is 1. The molecule has 1 fully saturated rings. The van der Waals surface area contributed by atoms with Crippen LogP contribution >= 0.6 is 0 Å². The highest BCUT2D eigenvalue weighted by Crippen LogP contribution is 2.22. The van der Waals surface area contributed by atoms with E-state index < -0.39 is 0 Å². The van der Waals surface area contributed by atoms with Gasteiger partial charge in [-0.3, -0.25) is 9.97 Å². The highest BCUT2D eigenvalue weighted by molar-refractivity contribution is 5.74. The van der Waals surface area contributed by atoms with E-state index in [9.17, 15) is 4.79 Å². The molecular formula is C21H28N4O2. The van der Waals surface area contributed by atoms with Gasteiger partial charge < -0.3 is 15.0 Å². The number of rotatable bonds is 6. The normalized spacial score (nSPS) is 16.3. The van der Waals surface area contributed by atoms with Crippen molar-refractivity contribution in [1.82, 2.24) is 20.2 Å². The number of carbonyl (C=O) groups excluding carboxylic acids is 1. The number of amides is 2. The van der Waals surface area contributed by atoms with Crippen molar-refractivity contribution in [1.29, 1.82) is 0 Å². The number of likely N-dealkylation sites (tertiary alicyclic amines) is 1. The maximum atomic E-state index is 12.7. The van der Waals surface area contributed by atoms with E-state index in [0.717, 1.165) is 24.1 Å². The fourth-order valence-corrected chi connectivity index (χ4v) is 3.33. The van der Waals surface area contributed by atoms with Gasteiger partial charge in [-0.25, -0.2) is 4.79 Å². The van der Waals surface area contributed by atoms with Crippen molar-refractivity contribution in [2.45, 2.75) is 45.4 Å². The number of urea groups is 1. The van der Waals surface area contributed by atoms with Crippen LogP contribution in [0.3, 0.4) is 0 Å². The van der Waals surface area contributed by atoms with Crippen molar-refractivity contribution in [3.63, 3.8) is 0 Å². The van der Waals surface area contributed by atoms with Gasteiger partial charge in [-0.1, -0.05) is 26.0 Å². The van der Waals surface area contributed by atoms with Crippen molar-refractivity contribution in [2.24, 2.45) is 5.92 Å². The number of piperidine rings is 1. The van der Waals surface area contributed by atoms with Crippen LogP contribution in [0.4, 0.5) is 4.79 Å². The third-order valence-electron chi connectivity index (χ3n) is 4.91. The average Bonchev–Trinajstić information content (AvgIpc) is 2.72. The topological polar surface area (TPSA) is 67.4 Å². The summed E-state index contributed by atoms with van der Waals surface area (Å²) < 4.78 is 5.96. The van der Waals surface area contributed by atoms with Crippen LogP contribution < -0.4 is 5.32 Å². The Kier molecular flexibility index (Phi) is 6.76. The standard InChI is InChI=1S/C21H28N4O2/c1-16(2)20(17-6-5-10-22-14-17)24-21(26)25-12-8-19(9-13-25)27-15-18-7-3-4-11-23-18/h3-7,10-11,14,16,19-20H,8-9,12-13,15H2,1-2H3,(H,24,26)/t20-/m0/s1. The predicted molar refractivity (Wildman–Crippen MR) is 104 cm³/mol. The van der Waals surface area contributed by atoms with Gasteiger partial charge in [0.1, 0.15) is 0 Å². The second-order valence-corrected chi connectivity index (χ2v) is 7.28. The molecule has 1 aliphatic heterocycles. The molecule has 1 aliphatic rings. The van der Waals surface area contributed by atoms with Crippen LogP contribution in [0.5, 0.6) is 0 Å². The van der Waals surface area contributed by atoms with E-state index in [0.29, 0.717) is 19.7 Å². The highest BCUT2D eigenvalue weighted by atomic mass is 16.5. The third kappa shape index (κ3) is 5.50. The number of nitrogens with zero attached hydrogens (tertiary/aromatic N) is 3. The second-order valence-electron chi connectivity index (χ2n) is 7.28. The zero-order valence-corrected chi connectivity index (χ0v) is 16.0. The first-order valence-electron chi connectivity index (χ1n) is 9.60. The van der Waals surface area contributed by atoms with E-state index in [1.54, 1.807) is 12.4 Å². The first-order chi connectivity index (χ1) is 13.1. The van der Waals surface area contributed by atoms with Crippen molar-refractivity contribution in [2.75, 3.05) is 13.1 Å². The minimum atomic E-state index is -0.0377. The molecule has 27 heavy (non-hydrogen) atoms. The van der Waals surface area contributed by atoms with Crippen LogP contribution in [0.1, 0.15) is 44.0 Å². The molecule has 0 aliphatic carbocycles. The molecule has 2 amide bonds. The molecular weight excluding hydrogens is 340 g/mol. The SMILES string of the molecule is CC(C)[C@H](NC(=O)N1CCC(OCc2ccccn2)CC1)c1cccnc1. The van der Waals surface area contributed by atoms with Crippen molar-refractivity contribution < 1.29 is 9.53 Å². The molecule has 2 aromatic heterocycles. The van der Waals surface area contributed by atoms with Crippen LogP contribution in [-0.4, -0.2) is 40.1 Å². The van der Waals surface area contributed by atoms with Crippen molar-refractivity contribution >= 4 is 6.03 Å². The Balaban J connectivity index is 1.47. The number of nitrogens with one attached hydrogen (secondary N) is 1. The second kappa shape index (κ2) is 9.46. The maximum absolute atomic E-state index is 12.7. The summed E-state index contributed by atoms with van der Waals surface area (Å²) in [4.78, 5) is 23.1.